The first-order valence-corrected chi connectivity index (χ1v) is 6.70. The van der Waals surface area contributed by atoms with Gasteiger partial charge in [-0.3, -0.25) is 4.98 Å². The molecule has 1 heterocycles. The van der Waals surface area contributed by atoms with Gasteiger partial charge in [-0.2, -0.15) is 13.2 Å². The summed E-state index contributed by atoms with van der Waals surface area (Å²) in [5, 5.41) is 9.13. The van der Waals surface area contributed by atoms with E-state index in [0.717, 1.165) is 0 Å². The van der Waals surface area contributed by atoms with Crippen molar-refractivity contribution in [2.24, 2.45) is 0 Å². The van der Waals surface area contributed by atoms with Crippen LogP contribution < -0.4 is 0 Å². The summed E-state index contributed by atoms with van der Waals surface area (Å²) in [6, 6.07) is 3.19. The van der Waals surface area contributed by atoms with E-state index in [9.17, 15) is 18.0 Å². The van der Waals surface area contributed by atoms with Crippen LogP contribution in [0.3, 0.4) is 0 Å². The van der Waals surface area contributed by atoms with E-state index in [1.54, 1.807) is 0 Å². The smallest absolute Gasteiger partial charge is 0.417 e. The Morgan fingerprint density at radius 3 is 2.27 bits per heavy atom. The molecule has 2 rings (SSSR count). The number of carbonyl (C=O) groups is 1. The second-order valence-corrected chi connectivity index (χ2v) is 5.33. The van der Waals surface area contributed by atoms with Crippen LogP contribution in [0.15, 0.2) is 24.4 Å². The van der Waals surface area contributed by atoms with Gasteiger partial charge in [-0.1, -0.05) is 34.8 Å². The normalized spacial score (nSPS) is 11.5. The average molecular weight is 371 g/mol. The highest BCUT2D eigenvalue weighted by molar-refractivity contribution is 6.46. The first-order chi connectivity index (χ1) is 10.1. The number of nitrogens with zero attached hydrogens (tertiary/aromatic N) is 1. The van der Waals surface area contributed by atoms with Crippen LogP contribution in [-0.2, 0) is 6.18 Å². The van der Waals surface area contributed by atoms with Crippen molar-refractivity contribution >= 4 is 40.8 Å². The Kier molecular flexibility index (Phi) is 4.56. The van der Waals surface area contributed by atoms with Crippen molar-refractivity contribution in [3.8, 4) is 11.3 Å². The zero-order chi connectivity index (χ0) is 16.7. The van der Waals surface area contributed by atoms with Crippen LogP contribution in [0.25, 0.3) is 11.3 Å². The molecule has 0 radical (unpaired) electrons. The SMILES string of the molecule is O=C(O)c1cc(C(F)(F)F)cnc1-c1c(Cl)ccc(Cl)c1Cl. The quantitative estimate of drug-likeness (QED) is 0.718. The number of aromatic nitrogens is 1. The Labute approximate surface area is 137 Å². The molecule has 0 atom stereocenters. The van der Waals surface area contributed by atoms with Gasteiger partial charge in [-0.05, 0) is 18.2 Å². The van der Waals surface area contributed by atoms with Crippen LogP contribution in [0.5, 0.6) is 0 Å². The van der Waals surface area contributed by atoms with Crippen LogP contribution in [0.2, 0.25) is 15.1 Å². The number of halogens is 6. The summed E-state index contributed by atoms with van der Waals surface area (Å²) in [6.45, 7) is 0. The molecule has 0 aliphatic carbocycles. The van der Waals surface area contributed by atoms with Gasteiger partial charge < -0.3 is 5.11 Å². The molecule has 1 aromatic carbocycles. The molecular formula is C13H5Cl3F3NO2. The molecule has 0 bridgehead atoms. The Bertz CT molecular complexity index is 763. The third-order valence-corrected chi connectivity index (χ3v) is 3.85. The van der Waals surface area contributed by atoms with Crippen LogP contribution in [0, 0.1) is 0 Å². The second kappa shape index (κ2) is 5.95. The minimum atomic E-state index is -4.72. The Balaban J connectivity index is 2.77. The van der Waals surface area contributed by atoms with E-state index in [-0.39, 0.29) is 26.3 Å². The summed E-state index contributed by atoms with van der Waals surface area (Å²) in [5.41, 5.74) is -2.20. The summed E-state index contributed by atoms with van der Waals surface area (Å²) < 4.78 is 38.0. The number of pyridine rings is 1. The van der Waals surface area contributed by atoms with Crippen molar-refractivity contribution in [1.29, 1.82) is 0 Å². The van der Waals surface area contributed by atoms with Crippen molar-refractivity contribution in [2.75, 3.05) is 0 Å². The van der Waals surface area contributed by atoms with Gasteiger partial charge in [0.15, 0.2) is 0 Å². The maximum atomic E-state index is 12.7. The number of benzene rings is 1. The predicted molar refractivity (Wildman–Crippen MR) is 76.7 cm³/mol. The maximum absolute atomic E-state index is 12.7. The fourth-order valence-corrected chi connectivity index (χ4v) is 2.43. The summed E-state index contributed by atoms with van der Waals surface area (Å²) in [4.78, 5) is 14.8. The average Bonchev–Trinajstić information content (AvgIpc) is 2.42. The van der Waals surface area contributed by atoms with Gasteiger partial charge in [-0.15, -0.1) is 0 Å². The fraction of sp³-hybridized carbons (Fsp3) is 0.0769. The molecule has 0 aliphatic rings. The van der Waals surface area contributed by atoms with Gasteiger partial charge in [0.2, 0.25) is 0 Å². The van der Waals surface area contributed by atoms with Gasteiger partial charge in [0.05, 0.1) is 31.9 Å². The Hall–Kier alpha value is -1.50. The van der Waals surface area contributed by atoms with E-state index in [1.165, 1.54) is 12.1 Å². The fourth-order valence-electron chi connectivity index (χ4n) is 1.73. The van der Waals surface area contributed by atoms with E-state index in [0.29, 0.717) is 12.3 Å². The lowest BCUT2D eigenvalue weighted by molar-refractivity contribution is -0.137. The lowest BCUT2D eigenvalue weighted by atomic mass is 10.0. The predicted octanol–water partition coefficient (Wildman–Crippen LogP) is 5.43. The first-order valence-electron chi connectivity index (χ1n) is 5.57. The molecule has 116 valence electrons. The molecule has 1 aromatic heterocycles. The molecule has 9 heteroatoms. The Morgan fingerprint density at radius 1 is 1.14 bits per heavy atom. The number of rotatable bonds is 2. The van der Waals surface area contributed by atoms with E-state index >= 15 is 0 Å². The number of hydrogen-bond acceptors (Lipinski definition) is 2. The number of carboxylic acid groups (broad SMARTS) is 1. The highest BCUT2D eigenvalue weighted by Gasteiger charge is 2.33. The third-order valence-electron chi connectivity index (χ3n) is 2.73. The lowest BCUT2D eigenvalue weighted by Gasteiger charge is -2.13. The van der Waals surface area contributed by atoms with Crippen molar-refractivity contribution in [3.63, 3.8) is 0 Å². The highest BCUT2D eigenvalue weighted by atomic mass is 35.5. The molecule has 0 aliphatic heterocycles. The molecule has 0 saturated heterocycles. The monoisotopic (exact) mass is 369 g/mol. The molecule has 22 heavy (non-hydrogen) atoms. The first kappa shape index (κ1) is 16.9. The van der Waals surface area contributed by atoms with Crippen molar-refractivity contribution < 1.29 is 23.1 Å². The summed E-state index contributed by atoms with van der Waals surface area (Å²) in [7, 11) is 0. The molecule has 0 spiro atoms. The van der Waals surface area contributed by atoms with Gasteiger partial charge in [0, 0.05) is 11.8 Å². The lowest BCUT2D eigenvalue weighted by Crippen LogP contribution is -2.10. The van der Waals surface area contributed by atoms with E-state index in [2.05, 4.69) is 4.98 Å². The largest absolute Gasteiger partial charge is 0.478 e. The van der Waals surface area contributed by atoms with Crippen LogP contribution >= 0.6 is 34.8 Å². The van der Waals surface area contributed by atoms with E-state index in [4.69, 9.17) is 39.9 Å². The maximum Gasteiger partial charge on any atom is 0.417 e. The Morgan fingerprint density at radius 2 is 1.73 bits per heavy atom. The molecule has 0 amide bonds. The molecular weight excluding hydrogens is 366 g/mol. The highest BCUT2D eigenvalue weighted by Crippen LogP contribution is 2.40. The molecule has 0 fully saturated rings. The standard InChI is InChI=1S/C13H5Cl3F3NO2/c14-7-1-2-8(15)10(16)9(7)11-6(12(21)22)3-5(4-20-11)13(17,18)19/h1-4H,(H,21,22). The summed E-state index contributed by atoms with van der Waals surface area (Å²) in [5.74, 6) is -1.60. The molecule has 1 N–H and O–H groups in total. The topological polar surface area (TPSA) is 50.2 Å². The zero-order valence-electron chi connectivity index (χ0n) is 10.4. The zero-order valence-corrected chi connectivity index (χ0v) is 12.6. The molecule has 2 aromatic rings. The van der Waals surface area contributed by atoms with Gasteiger partial charge >= 0.3 is 12.1 Å². The van der Waals surface area contributed by atoms with E-state index < -0.39 is 23.3 Å². The van der Waals surface area contributed by atoms with E-state index in [1.807, 2.05) is 0 Å². The number of alkyl halides is 3. The molecule has 0 saturated carbocycles. The summed E-state index contributed by atoms with van der Waals surface area (Å²) >= 11 is 17.7. The molecule has 3 nitrogen and oxygen atoms in total. The van der Waals surface area contributed by atoms with Crippen LogP contribution in [0.4, 0.5) is 13.2 Å². The minimum Gasteiger partial charge on any atom is -0.478 e. The van der Waals surface area contributed by atoms with Gasteiger partial charge in [0.25, 0.3) is 0 Å². The van der Waals surface area contributed by atoms with Gasteiger partial charge in [-0.25, -0.2) is 4.79 Å². The summed E-state index contributed by atoms with van der Waals surface area (Å²) in [6.07, 6.45) is -4.22. The number of carboxylic acids is 1. The van der Waals surface area contributed by atoms with Crippen LogP contribution in [-0.4, -0.2) is 16.1 Å². The van der Waals surface area contributed by atoms with Gasteiger partial charge in [0.1, 0.15) is 0 Å². The van der Waals surface area contributed by atoms with Crippen molar-refractivity contribution in [2.45, 2.75) is 6.18 Å². The van der Waals surface area contributed by atoms with Crippen molar-refractivity contribution in [1.82, 2.24) is 4.98 Å². The minimum absolute atomic E-state index is 0.0177. The molecule has 0 unspecified atom stereocenters. The van der Waals surface area contributed by atoms with Crippen molar-refractivity contribution in [3.05, 3.63) is 50.6 Å². The second-order valence-electron chi connectivity index (χ2n) is 4.14. The number of hydrogen-bond donors (Lipinski definition) is 1. The number of aromatic carboxylic acids is 1. The third kappa shape index (κ3) is 3.14. The van der Waals surface area contributed by atoms with Crippen LogP contribution in [0.1, 0.15) is 15.9 Å².